The van der Waals surface area contributed by atoms with Crippen molar-refractivity contribution in [1.29, 1.82) is 5.26 Å². The lowest BCUT2D eigenvalue weighted by Crippen LogP contribution is -2.40. The average Bonchev–Trinajstić information content (AvgIpc) is 3.18. The number of halogens is 2. The lowest BCUT2D eigenvalue weighted by Gasteiger charge is -2.36. The third-order valence-corrected chi connectivity index (χ3v) is 12.0. The van der Waals surface area contributed by atoms with E-state index in [1.165, 1.54) is 16.9 Å². The average molecular weight is 553 g/mol. The predicted octanol–water partition coefficient (Wildman–Crippen LogP) is 5.25. The number of rotatable bonds is 7. The van der Waals surface area contributed by atoms with Crippen LogP contribution < -0.4 is 11.1 Å². The zero-order chi connectivity index (χ0) is 25.3. The predicted molar refractivity (Wildman–Crippen MR) is 134 cm³/mol. The monoisotopic (exact) mass is 551 g/mol. The Bertz CT molecular complexity index is 1110. The van der Waals surface area contributed by atoms with Crippen molar-refractivity contribution in [3.8, 4) is 6.07 Å². The van der Waals surface area contributed by atoms with Crippen LogP contribution in [0.3, 0.4) is 0 Å². The van der Waals surface area contributed by atoms with Gasteiger partial charge in [0, 0.05) is 18.5 Å². The Balaban J connectivity index is 1.90. The van der Waals surface area contributed by atoms with E-state index in [2.05, 4.69) is 66.3 Å². The first-order chi connectivity index (χ1) is 15.8. The molecule has 0 bridgehead atoms. The molecular formula is C23H31BrFN5O3Si. The molecule has 3 rings (SSSR count). The van der Waals surface area contributed by atoms with Crippen LogP contribution in [0.4, 0.5) is 15.9 Å². The van der Waals surface area contributed by atoms with Crippen molar-refractivity contribution in [3.05, 3.63) is 39.7 Å². The Morgan fingerprint density at radius 2 is 2.18 bits per heavy atom. The fraction of sp³-hybridized carbons (Fsp3) is 0.522. The second-order valence-electron chi connectivity index (χ2n) is 10.0. The molecule has 0 aliphatic carbocycles. The third kappa shape index (κ3) is 5.68. The maximum absolute atomic E-state index is 14.7. The largest absolute Gasteiger partial charge is 0.413 e. The van der Waals surface area contributed by atoms with Crippen molar-refractivity contribution in [2.75, 3.05) is 18.5 Å². The molecule has 184 valence electrons. The van der Waals surface area contributed by atoms with E-state index < -0.39 is 20.0 Å². The number of amides is 1. The number of nitrogens with one attached hydrogen (secondary N) is 1. The molecule has 0 spiro atoms. The van der Waals surface area contributed by atoms with Crippen LogP contribution in [0.15, 0.2) is 22.8 Å². The van der Waals surface area contributed by atoms with Crippen LogP contribution in [0.5, 0.6) is 0 Å². The summed E-state index contributed by atoms with van der Waals surface area (Å²) in [6.07, 6.45) is 2.08. The molecule has 0 radical (unpaired) electrons. The number of nitrogens with two attached hydrogens (primary N) is 1. The van der Waals surface area contributed by atoms with Crippen LogP contribution in [-0.2, 0) is 15.8 Å². The molecule has 1 aliphatic rings. The second kappa shape index (κ2) is 10.2. The normalized spacial score (nSPS) is 19.0. The fourth-order valence-corrected chi connectivity index (χ4v) is 4.70. The summed E-state index contributed by atoms with van der Waals surface area (Å²) >= 11 is 3.32. The van der Waals surface area contributed by atoms with E-state index in [9.17, 15) is 14.4 Å². The van der Waals surface area contributed by atoms with Gasteiger partial charge < -0.3 is 20.2 Å². The molecule has 2 heterocycles. The SMILES string of the molecule is CC(C)(C)[Si](C)(C)OCc1cc(Nc2nn([C@H]3COCC[C@@H]3C#N)cc2C(N)=O)cc(F)c1Br. The summed E-state index contributed by atoms with van der Waals surface area (Å²) in [5.74, 6) is -1.26. The quantitative estimate of drug-likeness (QED) is 0.454. The molecule has 8 nitrogen and oxygen atoms in total. The van der Waals surface area contributed by atoms with Crippen LogP contribution in [0.25, 0.3) is 0 Å². The number of carbonyl (C=O) groups is 1. The van der Waals surface area contributed by atoms with E-state index in [0.29, 0.717) is 35.4 Å². The van der Waals surface area contributed by atoms with Gasteiger partial charge in [-0.2, -0.15) is 10.4 Å². The summed E-state index contributed by atoms with van der Waals surface area (Å²) in [5.41, 5.74) is 6.75. The van der Waals surface area contributed by atoms with Gasteiger partial charge in [-0.05, 0) is 58.2 Å². The first-order valence-electron chi connectivity index (χ1n) is 11.1. The van der Waals surface area contributed by atoms with Gasteiger partial charge in [0.15, 0.2) is 14.1 Å². The van der Waals surface area contributed by atoms with Crippen LogP contribution in [-0.4, -0.2) is 37.2 Å². The van der Waals surface area contributed by atoms with Gasteiger partial charge in [0.25, 0.3) is 5.91 Å². The third-order valence-electron chi connectivity index (χ3n) is 6.59. The van der Waals surface area contributed by atoms with Gasteiger partial charge in [-0.15, -0.1) is 0 Å². The highest BCUT2D eigenvalue weighted by atomic mass is 79.9. The zero-order valence-corrected chi connectivity index (χ0v) is 22.7. The number of hydrogen-bond acceptors (Lipinski definition) is 6. The number of nitrogens with zero attached hydrogens (tertiary/aromatic N) is 3. The van der Waals surface area contributed by atoms with Crippen LogP contribution in [0, 0.1) is 23.1 Å². The zero-order valence-electron chi connectivity index (χ0n) is 20.1. The molecule has 1 fully saturated rings. The summed E-state index contributed by atoms with van der Waals surface area (Å²) in [4.78, 5) is 12.1. The molecule has 1 amide bonds. The Morgan fingerprint density at radius 3 is 2.79 bits per heavy atom. The maximum Gasteiger partial charge on any atom is 0.254 e. The number of hydrogen-bond donors (Lipinski definition) is 2. The number of ether oxygens (including phenoxy) is 1. The van der Waals surface area contributed by atoms with Crippen molar-refractivity contribution < 1.29 is 18.3 Å². The van der Waals surface area contributed by atoms with Crippen LogP contribution in [0.2, 0.25) is 18.1 Å². The van der Waals surface area contributed by atoms with Crippen molar-refractivity contribution in [2.45, 2.75) is 58.0 Å². The van der Waals surface area contributed by atoms with E-state index >= 15 is 0 Å². The number of benzene rings is 1. The van der Waals surface area contributed by atoms with Gasteiger partial charge in [0.1, 0.15) is 11.4 Å². The molecule has 0 saturated carbocycles. The molecule has 1 aromatic carbocycles. The van der Waals surface area contributed by atoms with E-state index in [0.717, 1.165) is 0 Å². The van der Waals surface area contributed by atoms with Gasteiger partial charge in [0.2, 0.25) is 0 Å². The number of primary amides is 1. The summed E-state index contributed by atoms with van der Waals surface area (Å²) in [6.45, 7) is 11.7. The molecule has 2 aromatic rings. The molecule has 1 saturated heterocycles. The number of nitriles is 1. The van der Waals surface area contributed by atoms with Crippen molar-refractivity contribution >= 4 is 41.7 Å². The summed E-state index contributed by atoms with van der Waals surface area (Å²) in [7, 11) is -2.05. The summed E-state index contributed by atoms with van der Waals surface area (Å²) in [6, 6.07) is 5.00. The van der Waals surface area contributed by atoms with Gasteiger partial charge in [0.05, 0.1) is 35.7 Å². The van der Waals surface area contributed by atoms with Crippen molar-refractivity contribution in [2.24, 2.45) is 11.7 Å². The second-order valence-corrected chi connectivity index (χ2v) is 15.6. The molecule has 3 N–H and O–H groups in total. The minimum absolute atomic E-state index is 0.0151. The Kier molecular flexibility index (Phi) is 7.87. The Labute approximate surface area is 208 Å². The first-order valence-corrected chi connectivity index (χ1v) is 14.8. The number of carbonyl (C=O) groups excluding carboxylic acids is 1. The first kappa shape index (κ1) is 26.3. The molecule has 34 heavy (non-hydrogen) atoms. The van der Waals surface area contributed by atoms with E-state index in [4.69, 9.17) is 14.9 Å². The molecule has 2 atom stereocenters. The number of anilines is 2. The Hall–Kier alpha value is -2.26. The van der Waals surface area contributed by atoms with Crippen LogP contribution >= 0.6 is 15.9 Å². The van der Waals surface area contributed by atoms with Gasteiger partial charge in [-0.3, -0.25) is 9.48 Å². The van der Waals surface area contributed by atoms with Gasteiger partial charge >= 0.3 is 0 Å². The van der Waals surface area contributed by atoms with Crippen molar-refractivity contribution in [1.82, 2.24) is 9.78 Å². The molecule has 11 heteroatoms. The van der Waals surface area contributed by atoms with E-state index in [-0.39, 0.29) is 35.0 Å². The highest BCUT2D eigenvalue weighted by Crippen LogP contribution is 2.38. The lowest BCUT2D eigenvalue weighted by molar-refractivity contribution is 0.0342. The summed E-state index contributed by atoms with van der Waals surface area (Å²) in [5, 5.41) is 17.0. The molecule has 0 unspecified atom stereocenters. The smallest absolute Gasteiger partial charge is 0.254 e. The van der Waals surface area contributed by atoms with Gasteiger partial charge in [-0.25, -0.2) is 4.39 Å². The highest BCUT2D eigenvalue weighted by Gasteiger charge is 2.37. The van der Waals surface area contributed by atoms with Gasteiger partial charge in [-0.1, -0.05) is 20.8 Å². The lowest BCUT2D eigenvalue weighted by atomic mass is 9.97. The van der Waals surface area contributed by atoms with Crippen LogP contribution in [0.1, 0.15) is 49.2 Å². The topological polar surface area (TPSA) is 115 Å². The Morgan fingerprint density at radius 1 is 1.47 bits per heavy atom. The fourth-order valence-electron chi connectivity index (χ4n) is 3.40. The highest BCUT2D eigenvalue weighted by molar-refractivity contribution is 9.10. The number of aromatic nitrogens is 2. The van der Waals surface area contributed by atoms with E-state index in [1.807, 2.05) is 0 Å². The van der Waals surface area contributed by atoms with Crippen molar-refractivity contribution in [3.63, 3.8) is 0 Å². The minimum Gasteiger partial charge on any atom is -0.413 e. The minimum atomic E-state index is -2.05. The standard InChI is InChI=1S/C23H31BrFN5O3Si/c1-23(2,3)34(4,5)33-12-15-8-16(9-18(25)20(15)24)28-22-17(21(27)31)11-30(29-22)19-13-32-7-6-14(19)10-26/h8-9,11,14,19H,6-7,12-13H2,1-5H3,(H2,27,31)(H,28,29)/t14-,19+/m1/s1. The van der Waals surface area contributed by atoms with E-state index in [1.54, 1.807) is 6.07 Å². The molecular weight excluding hydrogens is 521 g/mol. The summed E-state index contributed by atoms with van der Waals surface area (Å²) < 4.78 is 28.4. The maximum atomic E-state index is 14.7. The molecule has 1 aromatic heterocycles. The molecule has 1 aliphatic heterocycles.